The van der Waals surface area contributed by atoms with Gasteiger partial charge in [0.2, 0.25) is 0 Å². The molecule has 0 N–H and O–H groups in total. The van der Waals surface area contributed by atoms with Crippen LogP contribution in [0.5, 0.6) is 5.75 Å². The molecule has 1 aliphatic heterocycles. The van der Waals surface area contributed by atoms with E-state index in [2.05, 4.69) is 10.2 Å². The van der Waals surface area contributed by atoms with Crippen LogP contribution in [-0.4, -0.2) is 25.0 Å². The molecule has 110 valence electrons. The van der Waals surface area contributed by atoms with Gasteiger partial charge in [-0.1, -0.05) is 42.5 Å². The molecule has 2 aliphatic rings. The van der Waals surface area contributed by atoms with Gasteiger partial charge in [0.05, 0.1) is 13.7 Å². The number of methoxy groups -OCH3 is 1. The summed E-state index contributed by atoms with van der Waals surface area (Å²) >= 11 is 0. The van der Waals surface area contributed by atoms with Crippen LogP contribution >= 0.6 is 0 Å². The quantitative estimate of drug-likeness (QED) is 0.851. The number of rotatable bonds is 2. The average Bonchev–Trinajstić information content (AvgIpc) is 3.10. The smallest absolute Gasteiger partial charge is 0.193 e. The number of benzene rings is 2. The molecule has 0 amide bonds. The molecular weight excluding hydrogens is 276 g/mol. The maximum absolute atomic E-state index is 13.0. The number of para-hydroxylation sites is 1. The Kier molecular flexibility index (Phi) is 2.86. The number of hydrogen-bond acceptors (Lipinski definition) is 4. The van der Waals surface area contributed by atoms with Crippen molar-refractivity contribution in [2.45, 2.75) is 17.9 Å². The van der Waals surface area contributed by atoms with Gasteiger partial charge in [-0.15, -0.1) is 0 Å². The van der Waals surface area contributed by atoms with Gasteiger partial charge in [-0.3, -0.25) is 4.79 Å². The average molecular weight is 292 g/mol. The number of fused-ring (bicyclic) bond motifs is 1. The number of Topliss-reactive ketones (excluding diaryl/α,β-unsaturated/α-hetero) is 1. The van der Waals surface area contributed by atoms with Gasteiger partial charge in [0, 0.05) is 23.5 Å². The molecule has 4 rings (SSSR count). The maximum Gasteiger partial charge on any atom is 0.193 e. The molecule has 2 aromatic carbocycles. The second kappa shape index (κ2) is 4.77. The van der Waals surface area contributed by atoms with Crippen LogP contribution in [0.3, 0.4) is 0 Å². The lowest BCUT2D eigenvalue weighted by molar-refractivity contribution is 0.0897. The molecule has 2 aromatic rings. The van der Waals surface area contributed by atoms with E-state index in [0.717, 1.165) is 22.4 Å². The second-order valence-electron chi connectivity index (χ2n) is 5.81. The number of azo groups is 1. The third-order valence-corrected chi connectivity index (χ3v) is 4.72. The van der Waals surface area contributed by atoms with E-state index < -0.39 is 5.54 Å². The lowest BCUT2D eigenvalue weighted by Crippen LogP contribution is -2.39. The molecule has 4 nitrogen and oxygen atoms in total. The van der Waals surface area contributed by atoms with E-state index in [9.17, 15) is 4.79 Å². The van der Waals surface area contributed by atoms with E-state index in [1.165, 1.54) is 0 Å². The number of carbonyl (C=O) groups is 1. The zero-order valence-electron chi connectivity index (χ0n) is 12.3. The van der Waals surface area contributed by atoms with Gasteiger partial charge in [-0.25, -0.2) is 0 Å². The van der Waals surface area contributed by atoms with Crippen LogP contribution in [0.4, 0.5) is 0 Å². The van der Waals surface area contributed by atoms with E-state index >= 15 is 0 Å². The summed E-state index contributed by atoms with van der Waals surface area (Å²) in [5.74, 6) is 0.812. The number of ketones is 1. The van der Waals surface area contributed by atoms with Gasteiger partial charge in [0.15, 0.2) is 11.3 Å². The zero-order valence-corrected chi connectivity index (χ0v) is 12.3. The standard InChI is InChI=1S/C18H16N2O2/c1-22-16-9-5-4-8-14(16)15-11-19-20-18(15)10-12-6-2-3-7-13(12)17(18)21/h2-9,15H,10-11H2,1H3. The number of ether oxygens (including phenoxy) is 1. The SMILES string of the molecule is COc1ccccc1C1CN=NC12Cc1ccccc1C2=O. The minimum atomic E-state index is -0.793. The Balaban J connectivity index is 1.83. The van der Waals surface area contributed by atoms with Crippen LogP contribution in [0.1, 0.15) is 27.4 Å². The highest BCUT2D eigenvalue weighted by atomic mass is 16.5. The summed E-state index contributed by atoms with van der Waals surface area (Å²) in [6.45, 7) is 0.528. The topological polar surface area (TPSA) is 51.0 Å². The summed E-state index contributed by atoms with van der Waals surface area (Å²) in [4.78, 5) is 13.0. The highest BCUT2D eigenvalue weighted by Gasteiger charge is 2.55. The third kappa shape index (κ3) is 1.67. The first-order valence-electron chi connectivity index (χ1n) is 7.40. The fourth-order valence-corrected chi connectivity index (χ4v) is 3.64. The van der Waals surface area contributed by atoms with Gasteiger partial charge >= 0.3 is 0 Å². The monoisotopic (exact) mass is 292 g/mol. The summed E-state index contributed by atoms with van der Waals surface area (Å²) in [5, 5.41) is 8.65. The minimum absolute atomic E-state index is 0.0662. The van der Waals surface area contributed by atoms with Crippen molar-refractivity contribution in [3.63, 3.8) is 0 Å². The van der Waals surface area contributed by atoms with Crippen LogP contribution < -0.4 is 4.74 Å². The van der Waals surface area contributed by atoms with Crippen molar-refractivity contribution < 1.29 is 9.53 Å². The lowest BCUT2D eigenvalue weighted by atomic mass is 9.77. The van der Waals surface area contributed by atoms with Crippen molar-refractivity contribution in [3.8, 4) is 5.75 Å². The summed E-state index contributed by atoms with van der Waals surface area (Å²) in [6.07, 6.45) is 0.619. The molecule has 0 aromatic heterocycles. The Labute approximate surface area is 128 Å². The molecule has 0 saturated carbocycles. The number of nitrogens with zero attached hydrogens (tertiary/aromatic N) is 2. The first kappa shape index (κ1) is 13.2. The minimum Gasteiger partial charge on any atom is -0.496 e. The molecule has 1 spiro atoms. The number of hydrogen-bond donors (Lipinski definition) is 0. The van der Waals surface area contributed by atoms with Crippen molar-refractivity contribution in [1.82, 2.24) is 0 Å². The van der Waals surface area contributed by atoms with Crippen LogP contribution in [-0.2, 0) is 6.42 Å². The molecule has 1 heterocycles. The van der Waals surface area contributed by atoms with Gasteiger partial charge in [0.25, 0.3) is 0 Å². The van der Waals surface area contributed by atoms with Crippen LogP contribution in [0, 0.1) is 0 Å². The van der Waals surface area contributed by atoms with Gasteiger partial charge in [-0.05, 0) is 11.6 Å². The zero-order chi connectivity index (χ0) is 15.2. The van der Waals surface area contributed by atoms with E-state index in [4.69, 9.17) is 4.74 Å². The highest BCUT2D eigenvalue weighted by molar-refractivity contribution is 6.08. The molecule has 0 radical (unpaired) electrons. The predicted octanol–water partition coefficient (Wildman–Crippen LogP) is 3.42. The molecule has 2 unspecified atom stereocenters. The normalized spacial score (nSPS) is 25.7. The van der Waals surface area contributed by atoms with E-state index in [0.29, 0.717) is 13.0 Å². The summed E-state index contributed by atoms with van der Waals surface area (Å²) in [6, 6.07) is 15.6. The van der Waals surface area contributed by atoms with Crippen molar-refractivity contribution in [2.24, 2.45) is 10.2 Å². The Morgan fingerprint density at radius 1 is 1.14 bits per heavy atom. The Hall–Kier alpha value is -2.49. The van der Waals surface area contributed by atoms with Crippen LogP contribution in [0.25, 0.3) is 0 Å². The fraction of sp³-hybridized carbons (Fsp3) is 0.278. The highest BCUT2D eigenvalue weighted by Crippen LogP contribution is 2.48. The summed E-state index contributed by atoms with van der Waals surface area (Å²) < 4.78 is 5.48. The first-order valence-corrected chi connectivity index (χ1v) is 7.40. The third-order valence-electron chi connectivity index (χ3n) is 4.72. The van der Waals surface area contributed by atoms with Crippen LogP contribution in [0.2, 0.25) is 0 Å². The van der Waals surface area contributed by atoms with Gasteiger partial charge < -0.3 is 4.74 Å². The second-order valence-corrected chi connectivity index (χ2v) is 5.81. The summed E-state index contributed by atoms with van der Waals surface area (Å²) in [5.41, 5.74) is 2.06. The molecule has 0 bridgehead atoms. The Morgan fingerprint density at radius 2 is 1.91 bits per heavy atom. The predicted molar refractivity (Wildman–Crippen MR) is 82.7 cm³/mol. The van der Waals surface area contributed by atoms with Crippen molar-refractivity contribution >= 4 is 5.78 Å². The maximum atomic E-state index is 13.0. The van der Waals surface area contributed by atoms with Crippen molar-refractivity contribution in [1.29, 1.82) is 0 Å². The molecule has 2 atom stereocenters. The summed E-state index contributed by atoms with van der Waals surface area (Å²) in [7, 11) is 1.65. The fourth-order valence-electron chi connectivity index (χ4n) is 3.64. The van der Waals surface area contributed by atoms with Crippen molar-refractivity contribution in [2.75, 3.05) is 13.7 Å². The van der Waals surface area contributed by atoms with Crippen molar-refractivity contribution in [3.05, 3.63) is 65.2 Å². The van der Waals surface area contributed by atoms with E-state index in [1.807, 2.05) is 48.5 Å². The molecular formula is C18H16N2O2. The van der Waals surface area contributed by atoms with E-state index in [1.54, 1.807) is 7.11 Å². The first-order chi connectivity index (χ1) is 10.8. The largest absolute Gasteiger partial charge is 0.496 e. The molecule has 1 aliphatic carbocycles. The Morgan fingerprint density at radius 3 is 2.73 bits per heavy atom. The lowest BCUT2D eigenvalue weighted by Gasteiger charge is -2.26. The molecule has 4 heteroatoms. The molecule has 22 heavy (non-hydrogen) atoms. The molecule has 0 saturated heterocycles. The molecule has 0 fully saturated rings. The van der Waals surface area contributed by atoms with Gasteiger partial charge in [0.1, 0.15) is 5.75 Å². The van der Waals surface area contributed by atoms with Crippen LogP contribution in [0.15, 0.2) is 58.8 Å². The number of carbonyl (C=O) groups excluding carboxylic acids is 1. The van der Waals surface area contributed by atoms with E-state index in [-0.39, 0.29) is 11.7 Å². The van der Waals surface area contributed by atoms with Gasteiger partial charge in [-0.2, -0.15) is 10.2 Å². The Bertz CT molecular complexity index is 784.